The van der Waals surface area contributed by atoms with Crippen LogP contribution in [0, 0.1) is 10.1 Å². The first-order valence-electron chi connectivity index (χ1n) is 4.95. The van der Waals surface area contributed by atoms with Crippen LogP contribution in [0.15, 0.2) is 12.3 Å². The van der Waals surface area contributed by atoms with Crippen LogP contribution in [0.1, 0.15) is 31.9 Å². The third-order valence-corrected chi connectivity index (χ3v) is 2.64. The van der Waals surface area contributed by atoms with E-state index in [1.165, 1.54) is 12.3 Å². The summed E-state index contributed by atoms with van der Waals surface area (Å²) in [5.74, 6) is -0.349. The molecular formula is C10H13ClN2O3. The molecule has 1 aromatic heterocycles. The summed E-state index contributed by atoms with van der Waals surface area (Å²) in [4.78, 5) is 14.3. The lowest BCUT2D eigenvalue weighted by Gasteiger charge is -2.17. The minimum absolute atomic E-state index is 0.139. The van der Waals surface area contributed by atoms with Gasteiger partial charge >= 0.3 is 0 Å². The van der Waals surface area contributed by atoms with Crippen molar-refractivity contribution >= 4 is 17.3 Å². The summed E-state index contributed by atoms with van der Waals surface area (Å²) >= 11 is 5.66. The van der Waals surface area contributed by atoms with Crippen LogP contribution in [0.5, 0.6) is 0 Å². The van der Waals surface area contributed by atoms with Crippen LogP contribution in [0.2, 0.25) is 5.02 Å². The van der Waals surface area contributed by atoms with Gasteiger partial charge in [-0.25, -0.2) is 0 Å². The van der Waals surface area contributed by atoms with Crippen LogP contribution < -0.4 is 0 Å². The number of halogens is 1. The van der Waals surface area contributed by atoms with E-state index in [-0.39, 0.29) is 22.3 Å². The van der Waals surface area contributed by atoms with Gasteiger partial charge in [0.25, 0.3) is 5.69 Å². The summed E-state index contributed by atoms with van der Waals surface area (Å²) in [7, 11) is 0. The number of aromatic nitrogens is 1. The molecule has 0 bridgehead atoms. The molecule has 0 spiro atoms. The first-order valence-corrected chi connectivity index (χ1v) is 5.33. The van der Waals surface area contributed by atoms with E-state index in [2.05, 4.69) is 4.98 Å². The van der Waals surface area contributed by atoms with Crippen LogP contribution >= 0.6 is 11.6 Å². The second-order valence-corrected chi connectivity index (χ2v) is 4.01. The number of rotatable bonds is 4. The van der Waals surface area contributed by atoms with E-state index in [0.29, 0.717) is 6.42 Å². The first kappa shape index (κ1) is 12.9. The predicted octanol–water partition coefficient (Wildman–Crippen LogP) is 2.52. The highest BCUT2D eigenvalue weighted by Crippen LogP contribution is 2.31. The van der Waals surface area contributed by atoms with Gasteiger partial charge in [-0.1, -0.05) is 18.5 Å². The van der Waals surface area contributed by atoms with Crippen molar-refractivity contribution in [3.05, 3.63) is 33.1 Å². The molecule has 2 unspecified atom stereocenters. The summed E-state index contributed by atoms with van der Waals surface area (Å²) in [5.41, 5.74) is 0.146. The number of nitrogens with zero attached hydrogens (tertiary/aromatic N) is 2. The van der Waals surface area contributed by atoms with Crippen molar-refractivity contribution in [1.82, 2.24) is 4.98 Å². The molecule has 6 heteroatoms. The van der Waals surface area contributed by atoms with Crippen LogP contribution in [-0.4, -0.2) is 21.1 Å². The summed E-state index contributed by atoms with van der Waals surface area (Å²) in [5, 5.41) is 20.6. The normalized spacial score (nSPS) is 14.5. The number of aliphatic hydroxyl groups is 1. The molecule has 0 amide bonds. The van der Waals surface area contributed by atoms with E-state index in [1.807, 2.05) is 6.92 Å². The maximum absolute atomic E-state index is 10.8. The van der Waals surface area contributed by atoms with Crippen molar-refractivity contribution in [3.8, 4) is 0 Å². The lowest BCUT2D eigenvalue weighted by Crippen LogP contribution is -2.16. The van der Waals surface area contributed by atoms with Crippen LogP contribution in [0.25, 0.3) is 0 Å². The van der Waals surface area contributed by atoms with Gasteiger partial charge in [-0.2, -0.15) is 0 Å². The maximum atomic E-state index is 10.8. The SMILES string of the molecule is CCC(c1ncc(Cl)cc1[N+](=O)[O-])C(C)O. The zero-order valence-electron chi connectivity index (χ0n) is 9.05. The smallest absolute Gasteiger partial charge is 0.292 e. The third kappa shape index (κ3) is 2.68. The number of nitro groups is 1. The number of aliphatic hydroxyl groups excluding tert-OH is 1. The van der Waals surface area contributed by atoms with E-state index in [0.717, 1.165) is 0 Å². The Morgan fingerprint density at radius 1 is 1.69 bits per heavy atom. The summed E-state index contributed by atoms with van der Waals surface area (Å²) in [6, 6.07) is 1.26. The number of hydrogen-bond acceptors (Lipinski definition) is 4. The second kappa shape index (κ2) is 5.23. The Morgan fingerprint density at radius 3 is 2.75 bits per heavy atom. The molecule has 0 aliphatic heterocycles. The molecule has 0 aromatic carbocycles. The Kier molecular flexibility index (Phi) is 4.20. The Morgan fingerprint density at radius 2 is 2.31 bits per heavy atom. The molecule has 16 heavy (non-hydrogen) atoms. The van der Waals surface area contributed by atoms with E-state index >= 15 is 0 Å². The van der Waals surface area contributed by atoms with Crippen LogP contribution in [0.3, 0.4) is 0 Å². The van der Waals surface area contributed by atoms with Crippen molar-refractivity contribution < 1.29 is 10.0 Å². The minimum Gasteiger partial charge on any atom is -0.393 e. The van der Waals surface area contributed by atoms with Crippen molar-refractivity contribution in [2.45, 2.75) is 32.3 Å². The van der Waals surface area contributed by atoms with Gasteiger partial charge < -0.3 is 5.11 Å². The van der Waals surface area contributed by atoms with Gasteiger partial charge in [0, 0.05) is 18.2 Å². The number of hydrogen-bond donors (Lipinski definition) is 1. The van der Waals surface area contributed by atoms with Crippen molar-refractivity contribution in [2.75, 3.05) is 0 Å². The lowest BCUT2D eigenvalue weighted by atomic mass is 9.95. The molecule has 0 aliphatic carbocycles. The van der Waals surface area contributed by atoms with E-state index in [9.17, 15) is 15.2 Å². The van der Waals surface area contributed by atoms with Crippen LogP contribution in [-0.2, 0) is 0 Å². The summed E-state index contributed by atoms with van der Waals surface area (Å²) in [6.07, 6.45) is 1.25. The Bertz CT molecular complexity index is 396. The van der Waals surface area contributed by atoms with Gasteiger partial charge in [0.05, 0.1) is 16.0 Å². The largest absolute Gasteiger partial charge is 0.393 e. The summed E-state index contributed by atoms with van der Waals surface area (Å²) < 4.78 is 0. The van der Waals surface area contributed by atoms with Gasteiger partial charge in [0.2, 0.25) is 0 Å². The van der Waals surface area contributed by atoms with E-state index < -0.39 is 11.0 Å². The standard InChI is InChI=1S/C10H13ClN2O3/c1-3-8(6(2)14)10-9(13(15)16)4-7(11)5-12-10/h4-6,8,14H,3H2,1-2H3. The van der Waals surface area contributed by atoms with Gasteiger partial charge in [-0.05, 0) is 13.3 Å². The highest BCUT2D eigenvalue weighted by Gasteiger charge is 2.26. The van der Waals surface area contributed by atoms with Crippen molar-refractivity contribution in [1.29, 1.82) is 0 Å². The van der Waals surface area contributed by atoms with Gasteiger partial charge in [-0.3, -0.25) is 15.1 Å². The molecule has 1 aromatic rings. The molecule has 2 atom stereocenters. The Labute approximate surface area is 98.2 Å². The van der Waals surface area contributed by atoms with Crippen molar-refractivity contribution in [3.63, 3.8) is 0 Å². The highest BCUT2D eigenvalue weighted by molar-refractivity contribution is 6.30. The second-order valence-electron chi connectivity index (χ2n) is 3.57. The fourth-order valence-corrected chi connectivity index (χ4v) is 1.79. The van der Waals surface area contributed by atoms with Gasteiger partial charge in [0.1, 0.15) is 5.69 Å². The molecule has 1 heterocycles. The molecule has 1 rings (SSSR count). The molecule has 0 fully saturated rings. The molecule has 0 saturated heterocycles. The van der Waals surface area contributed by atoms with Crippen molar-refractivity contribution in [2.24, 2.45) is 0 Å². The maximum Gasteiger partial charge on any atom is 0.292 e. The zero-order chi connectivity index (χ0) is 12.3. The van der Waals surface area contributed by atoms with E-state index in [4.69, 9.17) is 11.6 Å². The lowest BCUT2D eigenvalue weighted by molar-refractivity contribution is -0.386. The first-order chi connectivity index (χ1) is 7.47. The summed E-state index contributed by atoms with van der Waals surface area (Å²) in [6.45, 7) is 3.44. The molecule has 5 nitrogen and oxygen atoms in total. The van der Waals surface area contributed by atoms with E-state index in [1.54, 1.807) is 6.92 Å². The number of pyridine rings is 1. The molecule has 0 aliphatic rings. The fraction of sp³-hybridized carbons (Fsp3) is 0.500. The molecular weight excluding hydrogens is 232 g/mol. The third-order valence-electron chi connectivity index (χ3n) is 2.43. The minimum atomic E-state index is -0.683. The molecule has 0 radical (unpaired) electrons. The van der Waals surface area contributed by atoms with Gasteiger partial charge in [0.15, 0.2) is 0 Å². The van der Waals surface area contributed by atoms with Crippen LogP contribution in [0.4, 0.5) is 5.69 Å². The molecule has 88 valence electrons. The average Bonchev–Trinajstić information content (AvgIpc) is 2.20. The highest BCUT2D eigenvalue weighted by atomic mass is 35.5. The van der Waals surface area contributed by atoms with Gasteiger partial charge in [-0.15, -0.1) is 0 Å². The molecule has 1 N–H and O–H groups in total. The zero-order valence-corrected chi connectivity index (χ0v) is 9.81. The Hall–Kier alpha value is -1.20. The topological polar surface area (TPSA) is 76.3 Å². The molecule has 0 saturated carbocycles. The fourth-order valence-electron chi connectivity index (χ4n) is 1.63. The average molecular weight is 245 g/mol. The Balaban J connectivity index is 3.26. The quantitative estimate of drug-likeness (QED) is 0.652. The predicted molar refractivity (Wildman–Crippen MR) is 60.6 cm³/mol. The monoisotopic (exact) mass is 244 g/mol.